The average Bonchev–Trinajstić information content (AvgIpc) is 3.12. The lowest BCUT2D eigenvalue weighted by molar-refractivity contribution is 0.0640. The molecule has 0 spiro atoms. The van der Waals surface area contributed by atoms with E-state index in [0.717, 1.165) is 5.92 Å². The molecule has 0 aromatic carbocycles. The summed E-state index contributed by atoms with van der Waals surface area (Å²) < 4.78 is 0.593. The molecule has 3 fully saturated rings. The highest BCUT2D eigenvalue weighted by molar-refractivity contribution is 8.00. The Balaban J connectivity index is 1.65. The van der Waals surface area contributed by atoms with Gasteiger partial charge in [-0.2, -0.15) is 11.8 Å². The SMILES string of the molecule is CSC1(CN2CC(C)(C3CC3)NCC2C)CCC1. The quantitative estimate of drug-likeness (QED) is 0.844. The summed E-state index contributed by atoms with van der Waals surface area (Å²) in [5.41, 5.74) is 0.399. The third kappa shape index (κ3) is 2.34. The second-order valence-electron chi connectivity index (χ2n) is 7.07. The smallest absolute Gasteiger partial charge is 0.0309 e. The normalized spacial score (nSPS) is 40.5. The molecule has 3 heteroatoms. The lowest BCUT2D eigenvalue weighted by Gasteiger charge is -2.51. The number of piperazine rings is 1. The van der Waals surface area contributed by atoms with Crippen LogP contribution in [0.3, 0.4) is 0 Å². The van der Waals surface area contributed by atoms with Crippen LogP contribution < -0.4 is 5.32 Å². The van der Waals surface area contributed by atoms with E-state index in [1.165, 1.54) is 51.7 Å². The van der Waals surface area contributed by atoms with Crippen molar-refractivity contribution >= 4 is 11.8 Å². The summed E-state index contributed by atoms with van der Waals surface area (Å²) in [5, 5.41) is 3.83. The molecule has 3 rings (SSSR count). The van der Waals surface area contributed by atoms with Crippen molar-refractivity contribution in [2.24, 2.45) is 5.92 Å². The van der Waals surface area contributed by atoms with Gasteiger partial charge >= 0.3 is 0 Å². The van der Waals surface area contributed by atoms with Gasteiger partial charge in [-0.15, -0.1) is 0 Å². The molecule has 1 saturated heterocycles. The third-order valence-corrected chi connectivity index (χ3v) is 7.03. The molecule has 2 aliphatic carbocycles. The molecule has 2 unspecified atom stereocenters. The van der Waals surface area contributed by atoms with E-state index < -0.39 is 0 Å². The Morgan fingerprint density at radius 1 is 1.33 bits per heavy atom. The van der Waals surface area contributed by atoms with Gasteiger partial charge < -0.3 is 5.32 Å². The molecule has 0 radical (unpaired) electrons. The van der Waals surface area contributed by atoms with E-state index in [1.54, 1.807) is 0 Å². The maximum Gasteiger partial charge on any atom is 0.0309 e. The number of thioether (sulfide) groups is 1. The Labute approximate surface area is 116 Å². The predicted molar refractivity (Wildman–Crippen MR) is 80.3 cm³/mol. The van der Waals surface area contributed by atoms with Gasteiger partial charge in [0.05, 0.1) is 0 Å². The number of nitrogens with one attached hydrogen (secondary N) is 1. The Morgan fingerprint density at radius 3 is 2.56 bits per heavy atom. The summed E-state index contributed by atoms with van der Waals surface area (Å²) in [6.07, 6.45) is 9.52. The highest BCUT2D eigenvalue weighted by Gasteiger charge is 2.47. The third-order valence-electron chi connectivity index (χ3n) is 5.62. The number of rotatable bonds is 4. The molecule has 2 atom stereocenters. The lowest BCUT2D eigenvalue weighted by Crippen LogP contribution is -2.65. The maximum absolute atomic E-state index is 3.83. The molecule has 3 aliphatic rings. The van der Waals surface area contributed by atoms with Gasteiger partial charge in [-0.1, -0.05) is 6.42 Å². The van der Waals surface area contributed by atoms with Gasteiger partial charge in [0.15, 0.2) is 0 Å². The molecule has 0 amide bonds. The fourth-order valence-corrected chi connectivity index (χ4v) is 4.71. The molecule has 18 heavy (non-hydrogen) atoms. The van der Waals surface area contributed by atoms with Gasteiger partial charge in [-0.05, 0) is 51.7 Å². The van der Waals surface area contributed by atoms with Gasteiger partial charge in [0.2, 0.25) is 0 Å². The van der Waals surface area contributed by atoms with Crippen molar-refractivity contribution in [1.82, 2.24) is 10.2 Å². The molecular weight excluding hydrogens is 240 g/mol. The van der Waals surface area contributed by atoms with Crippen molar-refractivity contribution in [3.8, 4) is 0 Å². The first-order valence-corrected chi connectivity index (χ1v) is 8.84. The van der Waals surface area contributed by atoms with Crippen molar-refractivity contribution in [1.29, 1.82) is 0 Å². The fourth-order valence-electron chi connectivity index (χ4n) is 3.72. The number of hydrogen-bond donors (Lipinski definition) is 1. The first-order valence-electron chi connectivity index (χ1n) is 7.61. The Hall–Kier alpha value is 0.270. The van der Waals surface area contributed by atoms with E-state index in [2.05, 4.69) is 42.1 Å². The van der Waals surface area contributed by atoms with Crippen molar-refractivity contribution in [3.63, 3.8) is 0 Å². The average molecular weight is 268 g/mol. The monoisotopic (exact) mass is 268 g/mol. The van der Waals surface area contributed by atoms with Crippen LogP contribution in [0.5, 0.6) is 0 Å². The van der Waals surface area contributed by atoms with Crippen LogP contribution in [0.1, 0.15) is 46.0 Å². The van der Waals surface area contributed by atoms with E-state index in [-0.39, 0.29) is 0 Å². The first-order chi connectivity index (χ1) is 8.57. The van der Waals surface area contributed by atoms with E-state index >= 15 is 0 Å². The van der Waals surface area contributed by atoms with E-state index in [9.17, 15) is 0 Å². The van der Waals surface area contributed by atoms with E-state index in [0.29, 0.717) is 16.3 Å². The molecule has 1 aliphatic heterocycles. The molecule has 1 heterocycles. The standard InChI is InChI=1S/C15H28N2S/c1-12-9-16-14(2,13-5-6-13)10-17(12)11-15(18-3)7-4-8-15/h12-13,16H,4-11H2,1-3H3. The van der Waals surface area contributed by atoms with Gasteiger partial charge in [0, 0.05) is 36.0 Å². The number of hydrogen-bond acceptors (Lipinski definition) is 3. The van der Waals surface area contributed by atoms with Crippen molar-refractivity contribution in [3.05, 3.63) is 0 Å². The molecule has 0 aromatic rings. The van der Waals surface area contributed by atoms with Gasteiger partial charge in [-0.25, -0.2) is 0 Å². The van der Waals surface area contributed by atoms with Crippen LogP contribution in [0.15, 0.2) is 0 Å². The van der Waals surface area contributed by atoms with Crippen LogP contribution in [0, 0.1) is 5.92 Å². The van der Waals surface area contributed by atoms with Crippen LogP contribution >= 0.6 is 11.8 Å². The minimum Gasteiger partial charge on any atom is -0.308 e. The minimum atomic E-state index is 0.399. The molecule has 2 nitrogen and oxygen atoms in total. The number of nitrogens with zero attached hydrogens (tertiary/aromatic N) is 1. The topological polar surface area (TPSA) is 15.3 Å². The summed E-state index contributed by atoms with van der Waals surface area (Å²) >= 11 is 2.12. The summed E-state index contributed by atoms with van der Waals surface area (Å²) in [6, 6.07) is 0.710. The highest BCUT2D eigenvalue weighted by Crippen LogP contribution is 2.45. The van der Waals surface area contributed by atoms with E-state index in [1.807, 2.05) is 0 Å². The van der Waals surface area contributed by atoms with E-state index in [4.69, 9.17) is 0 Å². The Morgan fingerprint density at radius 2 is 2.06 bits per heavy atom. The summed E-state index contributed by atoms with van der Waals surface area (Å²) in [4.78, 5) is 2.78. The zero-order valence-corrected chi connectivity index (χ0v) is 13.0. The van der Waals surface area contributed by atoms with Crippen LogP contribution in [0.25, 0.3) is 0 Å². The first kappa shape index (κ1) is 13.3. The van der Waals surface area contributed by atoms with Crippen molar-refractivity contribution in [2.45, 2.75) is 62.3 Å². The second kappa shape index (κ2) is 4.68. The summed E-state index contributed by atoms with van der Waals surface area (Å²) in [6.45, 7) is 8.61. The van der Waals surface area contributed by atoms with Gasteiger partial charge in [0.1, 0.15) is 0 Å². The lowest BCUT2D eigenvalue weighted by atomic mass is 9.82. The molecular formula is C15H28N2S. The maximum atomic E-state index is 3.83. The van der Waals surface area contributed by atoms with Crippen LogP contribution in [-0.4, -0.2) is 47.1 Å². The Kier molecular flexibility index (Phi) is 3.44. The molecule has 0 bridgehead atoms. The van der Waals surface area contributed by atoms with Crippen molar-refractivity contribution in [2.75, 3.05) is 25.9 Å². The van der Waals surface area contributed by atoms with Crippen LogP contribution in [-0.2, 0) is 0 Å². The molecule has 1 N–H and O–H groups in total. The predicted octanol–water partition coefficient (Wildman–Crippen LogP) is 2.73. The zero-order chi connectivity index (χ0) is 12.8. The van der Waals surface area contributed by atoms with Crippen LogP contribution in [0.2, 0.25) is 0 Å². The zero-order valence-electron chi connectivity index (χ0n) is 12.2. The van der Waals surface area contributed by atoms with Gasteiger partial charge in [-0.3, -0.25) is 4.90 Å². The summed E-state index contributed by atoms with van der Waals surface area (Å²) in [7, 11) is 0. The minimum absolute atomic E-state index is 0.399. The second-order valence-corrected chi connectivity index (χ2v) is 8.34. The molecule has 2 saturated carbocycles. The van der Waals surface area contributed by atoms with Gasteiger partial charge in [0.25, 0.3) is 0 Å². The molecule has 104 valence electrons. The van der Waals surface area contributed by atoms with Crippen LogP contribution in [0.4, 0.5) is 0 Å². The van der Waals surface area contributed by atoms with Crippen molar-refractivity contribution < 1.29 is 0 Å². The largest absolute Gasteiger partial charge is 0.308 e. The Bertz CT molecular complexity index is 304. The highest BCUT2D eigenvalue weighted by atomic mass is 32.2. The molecule has 0 aromatic heterocycles. The summed E-state index contributed by atoms with van der Waals surface area (Å²) in [5.74, 6) is 0.944. The fraction of sp³-hybridized carbons (Fsp3) is 1.00.